The van der Waals surface area contributed by atoms with E-state index in [1.165, 1.54) is 76.5 Å². The van der Waals surface area contributed by atoms with Crippen LogP contribution < -0.4 is 54.6 Å². The summed E-state index contributed by atoms with van der Waals surface area (Å²) in [6.07, 6.45) is 0. The normalized spacial score (nSPS) is 11.7. The van der Waals surface area contributed by atoms with Crippen LogP contribution in [0.2, 0.25) is 0 Å². The average molecular weight is 759 g/mol. The van der Waals surface area contributed by atoms with E-state index in [4.69, 9.17) is 19.4 Å². The molecule has 0 unspecified atom stereocenters. The van der Waals surface area contributed by atoms with Crippen LogP contribution in [0.3, 0.4) is 0 Å². The lowest BCUT2D eigenvalue weighted by molar-refractivity contribution is 0.669. The highest BCUT2D eigenvalue weighted by Gasteiger charge is 2.23. The Morgan fingerprint density at radius 1 is 0.367 bits per heavy atom. The Bertz CT molecular complexity index is 3310. The predicted molar refractivity (Wildman–Crippen MR) is 285 cm³/mol. The van der Waals surface area contributed by atoms with Crippen molar-refractivity contribution in [1.82, 2.24) is 19.5 Å². The molecular formula is C45H38B10N4O. The van der Waals surface area contributed by atoms with Crippen LogP contribution in [0.1, 0.15) is 0 Å². The van der Waals surface area contributed by atoms with E-state index in [1.807, 2.05) is 0 Å². The first-order valence-corrected chi connectivity index (χ1v) is 20.9. The number of nitrogens with zero attached hydrogens (tertiary/aromatic N) is 4. The summed E-state index contributed by atoms with van der Waals surface area (Å²) < 4.78 is 9.16. The summed E-state index contributed by atoms with van der Waals surface area (Å²) in [7, 11) is 22.0. The second kappa shape index (κ2) is 14.2. The Morgan fingerprint density at radius 2 is 0.900 bits per heavy atom. The van der Waals surface area contributed by atoms with Gasteiger partial charge in [-0.25, -0.2) is 15.0 Å². The van der Waals surface area contributed by atoms with Gasteiger partial charge in [0, 0.05) is 32.8 Å². The number of para-hydroxylation sites is 1. The summed E-state index contributed by atoms with van der Waals surface area (Å²) in [5.41, 5.74) is 22.9. The molecule has 0 atom stereocenters. The van der Waals surface area contributed by atoms with Crippen molar-refractivity contribution in [3.8, 4) is 51.0 Å². The highest BCUT2D eigenvalue weighted by atomic mass is 16.3. The Morgan fingerprint density at radius 3 is 1.53 bits per heavy atom. The minimum atomic E-state index is 0.624. The molecule has 0 aliphatic carbocycles. The smallest absolute Gasteiger partial charge is 0.164 e. The first-order chi connectivity index (χ1) is 28.9. The third kappa shape index (κ3) is 5.73. The molecule has 0 fully saturated rings. The van der Waals surface area contributed by atoms with Gasteiger partial charge in [-0.2, -0.15) is 0 Å². The van der Waals surface area contributed by atoms with Crippen molar-refractivity contribution in [1.29, 1.82) is 0 Å². The SMILES string of the molecule is Bc1c(B)c(B)c(-c2nc(-c3ccc4c(c3)oc3cccc(-n5c6ccccc6c6cc(-c7ccccc7)ccc65)c34)nc(-c3c(B)c(B)c(B)c(B)c3B)n2)c(B)c1B. The predicted octanol–water partition coefficient (Wildman–Crippen LogP) is -5.88. The summed E-state index contributed by atoms with van der Waals surface area (Å²) in [6, 6.07) is 38.9. The van der Waals surface area contributed by atoms with Gasteiger partial charge < -0.3 is 8.98 Å². The summed E-state index contributed by atoms with van der Waals surface area (Å²) in [5, 5.41) is 4.54. The molecule has 0 bridgehead atoms. The van der Waals surface area contributed by atoms with Gasteiger partial charge in [-0.05, 0) is 53.6 Å². The lowest BCUT2D eigenvalue weighted by Gasteiger charge is -2.22. The van der Waals surface area contributed by atoms with Gasteiger partial charge in [0.05, 0.1) is 22.1 Å². The van der Waals surface area contributed by atoms with E-state index in [2.05, 4.69) is 192 Å². The number of aromatic nitrogens is 4. The van der Waals surface area contributed by atoms with E-state index in [9.17, 15) is 0 Å². The third-order valence-corrected chi connectivity index (χ3v) is 13.8. The van der Waals surface area contributed by atoms with Gasteiger partial charge >= 0.3 is 0 Å². The molecule has 0 N–H and O–H groups in total. The van der Waals surface area contributed by atoms with Gasteiger partial charge in [-0.15, -0.1) is 32.8 Å². The third-order valence-electron chi connectivity index (χ3n) is 13.8. The Kier molecular flexibility index (Phi) is 9.02. The second-order valence-corrected chi connectivity index (χ2v) is 16.7. The first-order valence-electron chi connectivity index (χ1n) is 20.9. The minimum Gasteiger partial charge on any atom is -0.456 e. The molecule has 0 saturated heterocycles. The zero-order valence-electron chi connectivity index (χ0n) is 36.1. The van der Waals surface area contributed by atoms with E-state index < -0.39 is 0 Å². The molecule has 5 nitrogen and oxygen atoms in total. The number of hydrogen-bond acceptors (Lipinski definition) is 4. The number of hydrogen-bond donors (Lipinski definition) is 0. The molecule has 0 aliphatic heterocycles. The van der Waals surface area contributed by atoms with Gasteiger partial charge in [-0.1, -0.05) is 88.6 Å². The summed E-state index contributed by atoms with van der Waals surface area (Å²) >= 11 is 0. The number of fused-ring (bicyclic) bond motifs is 6. The zero-order valence-corrected chi connectivity index (χ0v) is 36.1. The van der Waals surface area contributed by atoms with Crippen LogP contribution in [0.15, 0.2) is 114 Å². The number of furan rings is 1. The van der Waals surface area contributed by atoms with Crippen LogP contribution in [-0.4, -0.2) is 98.0 Å². The van der Waals surface area contributed by atoms with E-state index in [-0.39, 0.29) is 0 Å². The molecule has 0 amide bonds. The molecule has 15 heteroatoms. The molecule has 3 heterocycles. The maximum absolute atomic E-state index is 6.77. The van der Waals surface area contributed by atoms with Crippen molar-refractivity contribution < 1.29 is 4.42 Å². The van der Waals surface area contributed by atoms with Crippen LogP contribution in [0.5, 0.6) is 0 Å². The summed E-state index contributed by atoms with van der Waals surface area (Å²) in [5.74, 6) is 2.01. The van der Waals surface area contributed by atoms with Gasteiger partial charge in [0.25, 0.3) is 0 Å². The molecular weight excluding hydrogens is 721 g/mol. The fourth-order valence-corrected chi connectivity index (χ4v) is 9.57. The van der Waals surface area contributed by atoms with Crippen LogP contribution in [0, 0.1) is 0 Å². The van der Waals surface area contributed by atoms with Crippen molar-refractivity contribution in [2.45, 2.75) is 0 Å². The Labute approximate surface area is 359 Å². The van der Waals surface area contributed by atoms with Crippen LogP contribution in [-0.2, 0) is 0 Å². The van der Waals surface area contributed by atoms with Gasteiger partial charge in [0.1, 0.15) is 89.6 Å². The molecule has 10 rings (SSSR count). The second-order valence-electron chi connectivity index (χ2n) is 16.7. The molecule has 274 valence electrons. The number of rotatable bonds is 5. The molecule has 0 saturated carbocycles. The highest BCUT2D eigenvalue weighted by molar-refractivity contribution is 6.70. The quantitative estimate of drug-likeness (QED) is 0.165. The largest absolute Gasteiger partial charge is 0.456 e. The molecule has 3 aromatic heterocycles. The fraction of sp³-hybridized carbons (Fsp3) is 0. The molecule has 0 spiro atoms. The monoisotopic (exact) mass is 760 g/mol. The van der Waals surface area contributed by atoms with Crippen LogP contribution in [0.25, 0.3) is 94.7 Å². The van der Waals surface area contributed by atoms with Crippen molar-refractivity contribution in [2.75, 3.05) is 0 Å². The van der Waals surface area contributed by atoms with Gasteiger partial charge in [0.15, 0.2) is 17.5 Å². The zero-order chi connectivity index (χ0) is 41.7. The molecule has 0 aliphatic rings. The van der Waals surface area contributed by atoms with E-state index in [0.29, 0.717) is 17.5 Å². The lowest BCUT2D eigenvalue weighted by Crippen LogP contribution is -2.55. The van der Waals surface area contributed by atoms with Gasteiger partial charge in [-0.3, -0.25) is 0 Å². The maximum atomic E-state index is 6.77. The van der Waals surface area contributed by atoms with Crippen LogP contribution >= 0.6 is 0 Å². The maximum Gasteiger partial charge on any atom is 0.164 e. The Balaban J connectivity index is 1.19. The lowest BCUT2D eigenvalue weighted by atomic mass is 9.60. The topological polar surface area (TPSA) is 56.7 Å². The molecule has 60 heavy (non-hydrogen) atoms. The van der Waals surface area contributed by atoms with Gasteiger partial charge in [0.2, 0.25) is 0 Å². The van der Waals surface area contributed by atoms with Crippen molar-refractivity contribution in [3.63, 3.8) is 0 Å². The van der Waals surface area contributed by atoms with Crippen molar-refractivity contribution in [2.24, 2.45) is 0 Å². The molecule has 0 radical (unpaired) electrons. The number of benzene rings is 7. The Hall–Kier alpha value is -6.20. The molecule has 10 aromatic rings. The summed E-state index contributed by atoms with van der Waals surface area (Å²) in [4.78, 5) is 15.9. The van der Waals surface area contributed by atoms with Crippen LogP contribution in [0.4, 0.5) is 0 Å². The van der Waals surface area contributed by atoms with Crippen molar-refractivity contribution >= 4 is 177 Å². The average Bonchev–Trinajstić information content (AvgIpc) is 3.82. The minimum absolute atomic E-state index is 0.624. The highest BCUT2D eigenvalue weighted by Crippen LogP contribution is 2.40. The van der Waals surface area contributed by atoms with E-state index in [0.717, 1.165) is 55.3 Å². The fourth-order valence-electron chi connectivity index (χ4n) is 9.57. The molecule has 7 aromatic carbocycles. The first kappa shape index (κ1) is 38.0. The van der Waals surface area contributed by atoms with Crippen molar-refractivity contribution in [3.05, 3.63) is 109 Å². The standard InChI is InChI=1S/C45H38B10N4O/c46-33-31(34(47)38(51)41(54)37(33)50)44-56-43(57-45(58-44)32-35(48)39(52)42(55)40(53)36(32)49)21-13-15-23-29(18-21)60-28-12-6-11-27(30(23)28)59-25-10-5-4-9-22(25)24-17-20(14-16-26(24)59)19-7-2-1-3-8-19/h1-18H,46-55H2. The van der Waals surface area contributed by atoms with E-state index >= 15 is 0 Å². The summed E-state index contributed by atoms with van der Waals surface area (Å²) in [6.45, 7) is 0. The van der Waals surface area contributed by atoms with E-state index in [1.54, 1.807) is 0 Å².